The number of piperidine rings is 1. The number of pyridine rings is 1. The Morgan fingerprint density at radius 2 is 1.91 bits per heavy atom. The quantitative estimate of drug-likeness (QED) is 0.466. The molecule has 7 nitrogen and oxygen atoms in total. The maximum atomic E-state index is 9.88. The van der Waals surface area contributed by atoms with Gasteiger partial charge in [0.15, 0.2) is 0 Å². The van der Waals surface area contributed by atoms with Crippen LogP contribution in [0, 0.1) is 0 Å². The van der Waals surface area contributed by atoms with Crippen LogP contribution in [0.1, 0.15) is 70.8 Å². The average molecular weight is 451 g/mol. The largest absolute Gasteiger partial charge is 0.393 e. The number of rotatable bonds is 8. The SMILES string of the molecule is CCC[C@H](C)Nc1ncc(-c2ccc(C=C3CCNCC3)cn2)c(NC2CCC(O)CC2)n1. The highest BCUT2D eigenvalue weighted by molar-refractivity contribution is 5.73. The van der Waals surface area contributed by atoms with Crippen LogP contribution in [0.25, 0.3) is 17.3 Å². The number of hydrogen-bond donors (Lipinski definition) is 4. The average Bonchev–Trinajstić information content (AvgIpc) is 2.82. The molecule has 0 radical (unpaired) electrons. The maximum Gasteiger partial charge on any atom is 0.224 e. The van der Waals surface area contributed by atoms with Crippen LogP contribution >= 0.6 is 0 Å². The maximum absolute atomic E-state index is 9.88. The van der Waals surface area contributed by atoms with E-state index in [1.807, 2.05) is 12.4 Å². The van der Waals surface area contributed by atoms with Gasteiger partial charge in [-0.3, -0.25) is 4.98 Å². The summed E-state index contributed by atoms with van der Waals surface area (Å²) in [6, 6.07) is 4.81. The van der Waals surface area contributed by atoms with E-state index in [0.717, 1.165) is 87.1 Å². The summed E-state index contributed by atoms with van der Waals surface area (Å²) in [5.41, 5.74) is 4.40. The Hall–Kier alpha value is -2.51. The van der Waals surface area contributed by atoms with Gasteiger partial charge in [0.1, 0.15) is 5.82 Å². The standard InChI is InChI=1S/C26H38N6O/c1-3-4-18(2)30-26-29-17-23(25(32-26)31-21-6-8-22(33)9-7-21)24-10-5-20(16-28-24)15-19-11-13-27-14-12-19/h5,10,15-18,21-22,27,33H,3-4,6-9,11-14H2,1-2H3,(H2,29,30,31,32)/t18-,21?,22?/m0/s1. The molecule has 1 aliphatic heterocycles. The van der Waals surface area contributed by atoms with Crippen LogP contribution in [0.2, 0.25) is 0 Å². The minimum absolute atomic E-state index is 0.177. The molecule has 1 saturated heterocycles. The Labute approximate surface area is 197 Å². The number of aromatic nitrogens is 3. The highest BCUT2D eigenvalue weighted by atomic mass is 16.3. The molecule has 0 spiro atoms. The van der Waals surface area contributed by atoms with E-state index in [9.17, 15) is 5.11 Å². The second kappa shape index (κ2) is 11.6. The van der Waals surface area contributed by atoms with Crippen molar-refractivity contribution in [2.75, 3.05) is 23.7 Å². The smallest absolute Gasteiger partial charge is 0.224 e. The fourth-order valence-electron chi connectivity index (χ4n) is 4.67. The summed E-state index contributed by atoms with van der Waals surface area (Å²) in [5, 5.41) is 20.3. The third kappa shape index (κ3) is 6.74. The molecule has 2 fully saturated rings. The van der Waals surface area contributed by atoms with Gasteiger partial charge in [0, 0.05) is 24.5 Å². The first-order valence-corrected chi connectivity index (χ1v) is 12.6. The Balaban J connectivity index is 1.56. The number of nitrogens with one attached hydrogen (secondary N) is 3. The number of hydrogen-bond acceptors (Lipinski definition) is 7. The van der Waals surface area contributed by atoms with Gasteiger partial charge < -0.3 is 21.1 Å². The molecule has 4 N–H and O–H groups in total. The summed E-state index contributed by atoms with van der Waals surface area (Å²) in [7, 11) is 0. The Morgan fingerprint density at radius 3 is 2.61 bits per heavy atom. The predicted molar refractivity (Wildman–Crippen MR) is 135 cm³/mol. The number of aliphatic hydroxyl groups is 1. The lowest BCUT2D eigenvalue weighted by Crippen LogP contribution is -2.29. The molecule has 0 amide bonds. The summed E-state index contributed by atoms with van der Waals surface area (Å²) < 4.78 is 0. The molecule has 3 heterocycles. The number of aliphatic hydroxyl groups excluding tert-OH is 1. The van der Waals surface area contributed by atoms with Crippen LogP contribution in [-0.2, 0) is 0 Å². The molecular weight excluding hydrogens is 412 g/mol. The van der Waals surface area contributed by atoms with E-state index in [1.165, 1.54) is 5.57 Å². The molecule has 0 bridgehead atoms. The van der Waals surface area contributed by atoms with E-state index in [-0.39, 0.29) is 6.10 Å². The van der Waals surface area contributed by atoms with Crippen LogP contribution in [0.4, 0.5) is 11.8 Å². The van der Waals surface area contributed by atoms with E-state index in [1.54, 1.807) is 0 Å². The Kier molecular flexibility index (Phi) is 8.29. The predicted octanol–water partition coefficient (Wildman–Crippen LogP) is 4.62. The zero-order valence-corrected chi connectivity index (χ0v) is 20.0. The number of nitrogens with zero attached hydrogens (tertiary/aromatic N) is 3. The molecule has 0 aromatic carbocycles. The van der Waals surface area contributed by atoms with Crippen LogP contribution < -0.4 is 16.0 Å². The van der Waals surface area contributed by atoms with Gasteiger partial charge in [-0.1, -0.05) is 31.1 Å². The Morgan fingerprint density at radius 1 is 1.12 bits per heavy atom. The van der Waals surface area contributed by atoms with Crippen LogP contribution in [0.3, 0.4) is 0 Å². The first-order chi connectivity index (χ1) is 16.1. The van der Waals surface area contributed by atoms with Gasteiger partial charge in [-0.05, 0) is 76.6 Å². The van der Waals surface area contributed by atoms with Gasteiger partial charge in [-0.2, -0.15) is 4.98 Å². The highest BCUT2D eigenvalue weighted by Crippen LogP contribution is 2.29. The summed E-state index contributed by atoms with van der Waals surface area (Å²) in [6.45, 7) is 6.45. The third-order valence-corrected chi connectivity index (χ3v) is 6.60. The Bertz CT molecular complexity index is 913. The molecular formula is C26H38N6O. The summed E-state index contributed by atoms with van der Waals surface area (Å²) in [4.78, 5) is 14.2. The monoisotopic (exact) mass is 450 g/mol. The minimum Gasteiger partial charge on any atom is -0.393 e. The lowest BCUT2D eigenvalue weighted by molar-refractivity contribution is 0.126. The normalized spacial score (nSPS) is 22.0. The van der Waals surface area contributed by atoms with Crippen molar-refractivity contribution in [2.45, 2.75) is 83.4 Å². The lowest BCUT2D eigenvalue weighted by Gasteiger charge is -2.27. The molecule has 178 valence electrons. The topological polar surface area (TPSA) is 95.0 Å². The van der Waals surface area contributed by atoms with Crippen LogP contribution in [0.15, 0.2) is 30.1 Å². The van der Waals surface area contributed by atoms with Crippen LogP contribution in [0.5, 0.6) is 0 Å². The minimum atomic E-state index is -0.177. The van der Waals surface area contributed by atoms with Crippen molar-refractivity contribution < 1.29 is 5.11 Å². The van der Waals surface area contributed by atoms with Crippen LogP contribution in [-0.4, -0.2) is 51.3 Å². The molecule has 1 atom stereocenters. The van der Waals surface area contributed by atoms with E-state index < -0.39 is 0 Å². The second-order valence-corrected chi connectivity index (χ2v) is 9.47. The lowest BCUT2D eigenvalue weighted by atomic mass is 9.93. The second-order valence-electron chi connectivity index (χ2n) is 9.47. The third-order valence-electron chi connectivity index (χ3n) is 6.60. The first-order valence-electron chi connectivity index (χ1n) is 12.6. The van der Waals surface area contributed by atoms with Gasteiger partial charge in [0.05, 0.1) is 17.4 Å². The van der Waals surface area contributed by atoms with Crippen molar-refractivity contribution in [1.82, 2.24) is 20.3 Å². The van der Waals surface area contributed by atoms with Gasteiger partial charge in [0.25, 0.3) is 0 Å². The zero-order valence-electron chi connectivity index (χ0n) is 20.0. The molecule has 2 aromatic heterocycles. The van der Waals surface area contributed by atoms with E-state index in [0.29, 0.717) is 18.0 Å². The number of anilines is 2. The first kappa shape index (κ1) is 23.6. The van der Waals surface area contributed by atoms with Crippen molar-refractivity contribution in [3.05, 3.63) is 35.7 Å². The van der Waals surface area contributed by atoms with Crippen molar-refractivity contribution >= 4 is 17.8 Å². The molecule has 33 heavy (non-hydrogen) atoms. The van der Waals surface area contributed by atoms with Crippen molar-refractivity contribution in [3.8, 4) is 11.3 Å². The molecule has 1 aliphatic carbocycles. The summed E-state index contributed by atoms with van der Waals surface area (Å²) >= 11 is 0. The summed E-state index contributed by atoms with van der Waals surface area (Å²) in [5.74, 6) is 1.46. The molecule has 1 saturated carbocycles. The van der Waals surface area contributed by atoms with E-state index in [2.05, 4.69) is 53.0 Å². The molecule has 7 heteroatoms. The fraction of sp³-hybridized carbons (Fsp3) is 0.577. The highest BCUT2D eigenvalue weighted by Gasteiger charge is 2.21. The molecule has 2 aliphatic rings. The van der Waals surface area contributed by atoms with Gasteiger partial charge in [0.2, 0.25) is 5.95 Å². The van der Waals surface area contributed by atoms with Crippen molar-refractivity contribution in [2.24, 2.45) is 0 Å². The fourth-order valence-corrected chi connectivity index (χ4v) is 4.67. The molecule has 4 rings (SSSR count). The zero-order chi connectivity index (χ0) is 23.0. The van der Waals surface area contributed by atoms with Crippen molar-refractivity contribution in [1.29, 1.82) is 0 Å². The van der Waals surface area contributed by atoms with Gasteiger partial charge in [-0.25, -0.2) is 4.98 Å². The van der Waals surface area contributed by atoms with Gasteiger partial charge >= 0.3 is 0 Å². The summed E-state index contributed by atoms with van der Waals surface area (Å²) in [6.07, 6.45) is 13.8. The van der Waals surface area contributed by atoms with Crippen molar-refractivity contribution in [3.63, 3.8) is 0 Å². The molecule has 0 unspecified atom stereocenters. The van der Waals surface area contributed by atoms with E-state index >= 15 is 0 Å². The van der Waals surface area contributed by atoms with Gasteiger partial charge in [-0.15, -0.1) is 0 Å². The molecule has 2 aromatic rings. The van der Waals surface area contributed by atoms with E-state index in [4.69, 9.17) is 9.97 Å².